The molecular weight excluding hydrogens is 391 g/mol. The van der Waals surface area contributed by atoms with Crippen molar-refractivity contribution < 1.29 is 9.59 Å². The summed E-state index contributed by atoms with van der Waals surface area (Å²) in [6.45, 7) is 2.63. The van der Waals surface area contributed by atoms with Gasteiger partial charge < -0.3 is 16.0 Å². The van der Waals surface area contributed by atoms with Crippen molar-refractivity contribution >= 4 is 48.0 Å². The molecule has 2 amide bonds. The molecule has 3 rings (SSSR count). The second kappa shape index (κ2) is 10.9. The zero-order valence-electron chi connectivity index (χ0n) is 14.9. The van der Waals surface area contributed by atoms with Crippen LogP contribution in [0.1, 0.15) is 32.2 Å². The number of carbonyl (C=O) groups is 2. The molecule has 3 N–H and O–H groups in total. The van der Waals surface area contributed by atoms with Gasteiger partial charge in [-0.1, -0.05) is 6.42 Å². The number of nitrogens with one attached hydrogen (secondary N) is 3. The number of halogens is 2. The number of hydrogen-bond acceptors (Lipinski definition) is 5. The molecule has 2 unspecified atom stereocenters. The fourth-order valence-electron chi connectivity index (χ4n) is 2.73. The lowest BCUT2D eigenvalue weighted by molar-refractivity contribution is -0.119. The molecule has 1 aromatic carbocycles. The highest BCUT2D eigenvalue weighted by molar-refractivity contribution is 5.96. The standard InChI is InChI=1S/C17H22N6O2.2ClH/c1-12(23-11-18-10-20-23)16(24)21-13-5-7-14(8-6-13)22-17(25)15-4-2-3-9-19-15;;/h5-8,10-12,15,19H,2-4,9H2,1H3,(H,21,24)(H,22,25);2*1H. The van der Waals surface area contributed by atoms with Gasteiger partial charge in [-0.3, -0.25) is 9.59 Å². The second-order valence-electron chi connectivity index (χ2n) is 6.11. The van der Waals surface area contributed by atoms with E-state index in [4.69, 9.17) is 0 Å². The monoisotopic (exact) mass is 414 g/mol. The summed E-state index contributed by atoms with van der Waals surface area (Å²) in [6.07, 6.45) is 5.94. The first-order valence-electron chi connectivity index (χ1n) is 8.43. The number of aromatic nitrogens is 3. The lowest BCUT2D eigenvalue weighted by atomic mass is 10.0. The van der Waals surface area contributed by atoms with E-state index in [1.165, 1.54) is 17.3 Å². The highest BCUT2D eigenvalue weighted by Crippen LogP contribution is 2.16. The summed E-state index contributed by atoms with van der Waals surface area (Å²) >= 11 is 0. The minimum atomic E-state index is -0.459. The maximum Gasteiger partial charge on any atom is 0.249 e. The maximum atomic E-state index is 12.2. The summed E-state index contributed by atoms with van der Waals surface area (Å²) in [5, 5.41) is 12.9. The fourth-order valence-corrected chi connectivity index (χ4v) is 2.73. The molecular formula is C17H24Cl2N6O2. The molecule has 27 heavy (non-hydrogen) atoms. The van der Waals surface area contributed by atoms with Gasteiger partial charge in [-0.2, -0.15) is 5.10 Å². The number of piperidine rings is 1. The van der Waals surface area contributed by atoms with Crippen molar-refractivity contribution in [3.63, 3.8) is 0 Å². The zero-order valence-corrected chi connectivity index (χ0v) is 16.6. The molecule has 1 saturated heterocycles. The van der Waals surface area contributed by atoms with Crippen LogP contribution in [0.25, 0.3) is 0 Å². The summed E-state index contributed by atoms with van der Waals surface area (Å²) in [7, 11) is 0. The van der Waals surface area contributed by atoms with Crippen molar-refractivity contribution in [3.8, 4) is 0 Å². The van der Waals surface area contributed by atoms with E-state index in [0.717, 1.165) is 25.8 Å². The number of nitrogens with zero attached hydrogens (tertiary/aromatic N) is 3. The molecule has 1 aliphatic rings. The molecule has 2 aromatic rings. The molecule has 0 radical (unpaired) electrons. The first-order chi connectivity index (χ1) is 12.1. The molecule has 10 heteroatoms. The molecule has 0 saturated carbocycles. The van der Waals surface area contributed by atoms with Gasteiger partial charge in [-0.15, -0.1) is 24.8 Å². The molecule has 148 valence electrons. The van der Waals surface area contributed by atoms with Gasteiger partial charge >= 0.3 is 0 Å². The first kappa shape index (κ1) is 22.9. The number of benzene rings is 1. The van der Waals surface area contributed by atoms with Crippen molar-refractivity contribution in [1.82, 2.24) is 20.1 Å². The van der Waals surface area contributed by atoms with E-state index >= 15 is 0 Å². The smallest absolute Gasteiger partial charge is 0.249 e. The Morgan fingerprint density at radius 2 is 1.81 bits per heavy atom. The van der Waals surface area contributed by atoms with Crippen LogP contribution in [-0.2, 0) is 9.59 Å². The molecule has 2 heterocycles. The number of amides is 2. The highest BCUT2D eigenvalue weighted by Gasteiger charge is 2.20. The van der Waals surface area contributed by atoms with Crippen LogP contribution >= 0.6 is 24.8 Å². The zero-order chi connectivity index (χ0) is 17.6. The van der Waals surface area contributed by atoms with E-state index in [0.29, 0.717) is 11.4 Å². The number of carbonyl (C=O) groups excluding carboxylic acids is 2. The Bertz CT molecular complexity index is 718. The molecule has 1 fully saturated rings. The van der Waals surface area contributed by atoms with Gasteiger partial charge in [0.25, 0.3) is 0 Å². The van der Waals surface area contributed by atoms with Gasteiger partial charge in [0.2, 0.25) is 11.8 Å². The second-order valence-corrected chi connectivity index (χ2v) is 6.11. The van der Waals surface area contributed by atoms with Crippen LogP contribution < -0.4 is 16.0 Å². The summed E-state index contributed by atoms with van der Waals surface area (Å²) < 4.78 is 1.49. The minimum Gasteiger partial charge on any atom is -0.325 e. The average Bonchev–Trinajstić information content (AvgIpc) is 3.18. The molecule has 1 aromatic heterocycles. The highest BCUT2D eigenvalue weighted by atomic mass is 35.5. The summed E-state index contributed by atoms with van der Waals surface area (Å²) in [5.74, 6) is -0.204. The van der Waals surface area contributed by atoms with Crippen LogP contribution in [-0.4, -0.2) is 39.2 Å². The number of hydrogen-bond donors (Lipinski definition) is 3. The quantitative estimate of drug-likeness (QED) is 0.696. The lowest BCUT2D eigenvalue weighted by Crippen LogP contribution is -2.43. The predicted octanol–water partition coefficient (Wildman–Crippen LogP) is 2.40. The van der Waals surface area contributed by atoms with Crippen LogP contribution in [0, 0.1) is 0 Å². The third-order valence-corrected chi connectivity index (χ3v) is 4.26. The summed E-state index contributed by atoms with van der Waals surface area (Å²) in [5.41, 5.74) is 1.37. The molecule has 0 aliphatic carbocycles. The minimum absolute atomic E-state index is 0. The van der Waals surface area contributed by atoms with Gasteiger partial charge in [0.05, 0.1) is 6.04 Å². The average molecular weight is 415 g/mol. The third-order valence-electron chi connectivity index (χ3n) is 4.26. The Hall–Kier alpha value is -2.16. The summed E-state index contributed by atoms with van der Waals surface area (Å²) in [6, 6.07) is 6.48. The van der Waals surface area contributed by atoms with Crippen molar-refractivity contribution in [2.45, 2.75) is 38.3 Å². The van der Waals surface area contributed by atoms with E-state index in [-0.39, 0.29) is 42.7 Å². The van der Waals surface area contributed by atoms with Crippen LogP contribution in [0.2, 0.25) is 0 Å². The van der Waals surface area contributed by atoms with E-state index < -0.39 is 6.04 Å². The van der Waals surface area contributed by atoms with Gasteiger partial charge in [0.15, 0.2) is 0 Å². The molecule has 1 aliphatic heterocycles. The Kier molecular flexibility index (Phi) is 9.20. The lowest BCUT2D eigenvalue weighted by Gasteiger charge is -2.22. The topological polar surface area (TPSA) is 101 Å². The van der Waals surface area contributed by atoms with E-state index in [1.54, 1.807) is 31.2 Å². The Labute approximate surface area is 170 Å². The number of rotatable bonds is 5. The van der Waals surface area contributed by atoms with Crippen molar-refractivity contribution in [2.24, 2.45) is 0 Å². The summed E-state index contributed by atoms with van der Waals surface area (Å²) in [4.78, 5) is 28.2. The van der Waals surface area contributed by atoms with Crippen molar-refractivity contribution in [1.29, 1.82) is 0 Å². The van der Waals surface area contributed by atoms with Crippen LogP contribution in [0.15, 0.2) is 36.9 Å². The van der Waals surface area contributed by atoms with Crippen LogP contribution in [0.5, 0.6) is 0 Å². The largest absolute Gasteiger partial charge is 0.325 e. The molecule has 2 atom stereocenters. The third kappa shape index (κ3) is 6.20. The molecule has 0 bridgehead atoms. The SMILES string of the molecule is CC(C(=O)Nc1ccc(NC(=O)C2CCCCN2)cc1)n1cncn1.Cl.Cl. The Morgan fingerprint density at radius 1 is 1.15 bits per heavy atom. The molecule has 8 nitrogen and oxygen atoms in total. The first-order valence-corrected chi connectivity index (χ1v) is 8.43. The number of anilines is 2. The normalized spacial score (nSPS) is 17.0. The Balaban J connectivity index is 0.00000182. The predicted molar refractivity (Wildman–Crippen MR) is 109 cm³/mol. The van der Waals surface area contributed by atoms with Crippen LogP contribution in [0.3, 0.4) is 0 Å². The maximum absolute atomic E-state index is 12.2. The van der Waals surface area contributed by atoms with Gasteiger partial charge in [0.1, 0.15) is 18.7 Å². The molecule has 0 spiro atoms. The van der Waals surface area contributed by atoms with Crippen molar-refractivity contribution in [3.05, 3.63) is 36.9 Å². The van der Waals surface area contributed by atoms with E-state index in [1.807, 2.05) is 0 Å². The Morgan fingerprint density at radius 3 is 2.37 bits per heavy atom. The van der Waals surface area contributed by atoms with Gasteiger partial charge in [-0.05, 0) is 50.6 Å². The van der Waals surface area contributed by atoms with E-state index in [9.17, 15) is 9.59 Å². The van der Waals surface area contributed by atoms with Gasteiger partial charge in [-0.25, -0.2) is 9.67 Å². The van der Waals surface area contributed by atoms with Crippen molar-refractivity contribution in [2.75, 3.05) is 17.2 Å². The van der Waals surface area contributed by atoms with Gasteiger partial charge in [0, 0.05) is 11.4 Å². The fraction of sp³-hybridized carbons (Fsp3) is 0.412. The van der Waals surface area contributed by atoms with E-state index in [2.05, 4.69) is 26.0 Å². The van der Waals surface area contributed by atoms with Crippen LogP contribution in [0.4, 0.5) is 11.4 Å².